The summed E-state index contributed by atoms with van der Waals surface area (Å²) in [5.74, 6) is 2.98. The Morgan fingerprint density at radius 3 is 2.78 bits per heavy atom. The lowest BCUT2D eigenvalue weighted by atomic mass is 10.1. The van der Waals surface area contributed by atoms with Crippen molar-refractivity contribution in [2.75, 3.05) is 44.8 Å². The minimum atomic E-state index is 0.120. The third kappa shape index (κ3) is 4.01. The van der Waals surface area contributed by atoms with E-state index in [1.165, 1.54) is 25.9 Å². The molecular formula is C18H26N2O2S. The van der Waals surface area contributed by atoms with Crippen LogP contribution in [0.15, 0.2) is 24.3 Å². The summed E-state index contributed by atoms with van der Waals surface area (Å²) in [6.45, 7) is 4.21. The lowest BCUT2D eigenvalue weighted by molar-refractivity contribution is 0.0663. The molecule has 126 valence electrons. The van der Waals surface area contributed by atoms with E-state index in [2.05, 4.69) is 9.80 Å². The molecule has 1 aromatic rings. The van der Waals surface area contributed by atoms with Crippen molar-refractivity contribution in [2.45, 2.75) is 25.3 Å². The van der Waals surface area contributed by atoms with Crippen molar-refractivity contribution in [3.8, 4) is 5.75 Å². The first kappa shape index (κ1) is 16.7. The van der Waals surface area contributed by atoms with E-state index in [1.54, 1.807) is 7.11 Å². The Kier molecular flexibility index (Phi) is 5.84. The molecule has 2 aliphatic rings. The first-order valence-corrected chi connectivity index (χ1v) is 9.69. The fraction of sp³-hybridized carbons (Fsp3) is 0.611. The van der Waals surface area contributed by atoms with Crippen LogP contribution in [0.4, 0.5) is 0 Å². The van der Waals surface area contributed by atoms with E-state index >= 15 is 0 Å². The fourth-order valence-corrected chi connectivity index (χ4v) is 4.54. The van der Waals surface area contributed by atoms with Crippen molar-refractivity contribution in [3.05, 3.63) is 29.8 Å². The van der Waals surface area contributed by atoms with Crippen LogP contribution in [0.25, 0.3) is 0 Å². The number of likely N-dealkylation sites (tertiary alicyclic amines) is 1. The number of amides is 1. The van der Waals surface area contributed by atoms with Crippen molar-refractivity contribution in [1.82, 2.24) is 9.80 Å². The van der Waals surface area contributed by atoms with Crippen molar-refractivity contribution in [1.29, 1.82) is 0 Å². The van der Waals surface area contributed by atoms with E-state index < -0.39 is 0 Å². The van der Waals surface area contributed by atoms with E-state index in [0.717, 1.165) is 31.0 Å². The van der Waals surface area contributed by atoms with Gasteiger partial charge in [0.1, 0.15) is 5.75 Å². The summed E-state index contributed by atoms with van der Waals surface area (Å²) in [5.41, 5.74) is 0.688. The molecule has 5 heteroatoms. The number of benzene rings is 1. The molecule has 0 bridgehead atoms. The van der Waals surface area contributed by atoms with Crippen molar-refractivity contribution in [3.63, 3.8) is 0 Å². The number of rotatable bonds is 4. The number of nitrogens with zero attached hydrogens (tertiary/aromatic N) is 2. The highest BCUT2D eigenvalue weighted by Gasteiger charge is 2.30. The SMILES string of the molecule is COc1ccccc1C(=O)N1CCCSCC1CN1CCCC1. The maximum Gasteiger partial charge on any atom is 0.257 e. The molecule has 1 aromatic carbocycles. The van der Waals surface area contributed by atoms with Gasteiger partial charge in [-0.1, -0.05) is 12.1 Å². The number of para-hydroxylation sites is 1. The Labute approximate surface area is 143 Å². The first-order valence-electron chi connectivity index (χ1n) is 8.53. The number of ether oxygens (including phenoxy) is 1. The van der Waals surface area contributed by atoms with Gasteiger partial charge in [-0.25, -0.2) is 0 Å². The molecule has 0 N–H and O–H groups in total. The summed E-state index contributed by atoms with van der Waals surface area (Å²) in [7, 11) is 1.63. The van der Waals surface area contributed by atoms with Crippen LogP contribution in [0, 0.1) is 0 Å². The summed E-state index contributed by atoms with van der Waals surface area (Å²) in [6.07, 6.45) is 3.66. The standard InChI is InChI=1S/C18H26N2O2S/c1-22-17-8-3-2-7-16(17)18(21)20-11-6-12-23-14-15(20)13-19-9-4-5-10-19/h2-3,7-8,15H,4-6,9-14H2,1H3. The zero-order valence-corrected chi connectivity index (χ0v) is 14.7. The first-order chi connectivity index (χ1) is 11.3. The Bertz CT molecular complexity index is 532. The predicted molar refractivity (Wildman–Crippen MR) is 95.4 cm³/mol. The number of hydrogen-bond donors (Lipinski definition) is 0. The van der Waals surface area contributed by atoms with Gasteiger partial charge < -0.3 is 14.5 Å². The number of carbonyl (C=O) groups is 1. The molecule has 0 aromatic heterocycles. The zero-order chi connectivity index (χ0) is 16.1. The Morgan fingerprint density at radius 2 is 2.00 bits per heavy atom. The highest BCUT2D eigenvalue weighted by Crippen LogP contribution is 2.25. The lowest BCUT2D eigenvalue weighted by Crippen LogP contribution is -2.47. The minimum Gasteiger partial charge on any atom is -0.496 e. The number of methoxy groups -OCH3 is 1. The smallest absolute Gasteiger partial charge is 0.257 e. The van der Waals surface area contributed by atoms with Crippen LogP contribution in [0.2, 0.25) is 0 Å². The summed E-state index contributed by atoms with van der Waals surface area (Å²) < 4.78 is 5.39. The highest BCUT2D eigenvalue weighted by molar-refractivity contribution is 7.99. The largest absolute Gasteiger partial charge is 0.496 e. The number of carbonyl (C=O) groups excluding carboxylic acids is 1. The molecule has 1 atom stereocenters. The fourth-order valence-electron chi connectivity index (χ4n) is 3.49. The van der Waals surface area contributed by atoms with E-state index in [9.17, 15) is 4.79 Å². The molecule has 2 aliphatic heterocycles. The molecule has 4 nitrogen and oxygen atoms in total. The summed E-state index contributed by atoms with van der Waals surface area (Å²) in [5, 5.41) is 0. The van der Waals surface area contributed by atoms with E-state index in [1.807, 2.05) is 36.0 Å². The van der Waals surface area contributed by atoms with Crippen LogP contribution in [-0.2, 0) is 0 Å². The summed E-state index contributed by atoms with van der Waals surface area (Å²) in [6, 6.07) is 7.88. The monoisotopic (exact) mass is 334 g/mol. The molecule has 0 radical (unpaired) electrons. The second-order valence-corrected chi connectivity index (χ2v) is 7.44. The van der Waals surface area contributed by atoms with Crippen LogP contribution in [-0.4, -0.2) is 66.5 Å². The Balaban J connectivity index is 1.79. The van der Waals surface area contributed by atoms with Gasteiger partial charge in [-0.15, -0.1) is 0 Å². The molecule has 2 heterocycles. The molecule has 0 saturated carbocycles. The molecule has 23 heavy (non-hydrogen) atoms. The molecule has 3 rings (SSSR count). The quantitative estimate of drug-likeness (QED) is 0.848. The van der Waals surface area contributed by atoms with Gasteiger partial charge in [0.2, 0.25) is 0 Å². The Hall–Kier alpha value is -1.20. The van der Waals surface area contributed by atoms with Gasteiger partial charge in [0, 0.05) is 18.8 Å². The molecule has 1 unspecified atom stereocenters. The molecule has 0 aliphatic carbocycles. The zero-order valence-electron chi connectivity index (χ0n) is 13.9. The molecular weight excluding hydrogens is 308 g/mol. The van der Waals surface area contributed by atoms with E-state index in [0.29, 0.717) is 17.4 Å². The van der Waals surface area contributed by atoms with Crippen LogP contribution in [0.3, 0.4) is 0 Å². The van der Waals surface area contributed by atoms with Crippen molar-refractivity contribution >= 4 is 17.7 Å². The van der Waals surface area contributed by atoms with Crippen molar-refractivity contribution in [2.24, 2.45) is 0 Å². The van der Waals surface area contributed by atoms with Crippen LogP contribution in [0.5, 0.6) is 5.75 Å². The summed E-state index contributed by atoms with van der Waals surface area (Å²) in [4.78, 5) is 17.7. The second-order valence-electron chi connectivity index (χ2n) is 6.29. The van der Waals surface area contributed by atoms with Gasteiger partial charge in [0.05, 0.1) is 18.7 Å². The third-order valence-corrected chi connectivity index (χ3v) is 5.90. The third-order valence-electron chi connectivity index (χ3n) is 4.70. The van der Waals surface area contributed by atoms with Gasteiger partial charge in [0.25, 0.3) is 5.91 Å². The highest BCUT2D eigenvalue weighted by atomic mass is 32.2. The molecule has 1 amide bonds. The average molecular weight is 334 g/mol. The molecule has 0 spiro atoms. The topological polar surface area (TPSA) is 32.8 Å². The summed E-state index contributed by atoms with van der Waals surface area (Å²) >= 11 is 1.98. The van der Waals surface area contributed by atoms with Gasteiger partial charge in [-0.05, 0) is 50.2 Å². The number of thioether (sulfide) groups is 1. The molecule has 2 saturated heterocycles. The van der Waals surface area contributed by atoms with Gasteiger partial charge in [-0.3, -0.25) is 4.79 Å². The van der Waals surface area contributed by atoms with Gasteiger partial charge in [-0.2, -0.15) is 11.8 Å². The molecule has 2 fully saturated rings. The normalized spacial score (nSPS) is 22.8. The van der Waals surface area contributed by atoms with Gasteiger partial charge >= 0.3 is 0 Å². The number of hydrogen-bond acceptors (Lipinski definition) is 4. The second kappa shape index (κ2) is 8.06. The average Bonchev–Trinajstić information content (AvgIpc) is 2.99. The van der Waals surface area contributed by atoms with Crippen LogP contribution >= 0.6 is 11.8 Å². The van der Waals surface area contributed by atoms with E-state index in [4.69, 9.17) is 4.74 Å². The maximum atomic E-state index is 13.1. The van der Waals surface area contributed by atoms with E-state index in [-0.39, 0.29) is 5.91 Å². The van der Waals surface area contributed by atoms with Crippen LogP contribution < -0.4 is 4.74 Å². The van der Waals surface area contributed by atoms with Crippen molar-refractivity contribution < 1.29 is 9.53 Å². The van der Waals surface area contributed by atoms with Gasteiger partial charge in [0.15, 0.2) is 0 Å². The van der Waals surface area contributed by atoms with Crippen LogP contribution in [0.1, 0.15) is 29.6 Å². The minimum absolute atomic E-state index is 0.120. The lowest BCUT2D eigenvalue weighted by Gasteiger charge is -2.33. The predicted octanol–water partition coefficient (Wildman–Crippen LogP) is 2.74. The maximum absolute atomic E-state index is 13.1. The Morgan fingerprint density at radius 1 is 1.22 bits per heavy atom.